The summed E-state index contributed by atoms with van der Waals surface area (Å²) in [4.78, 5) is 8.12. The van der Waals surface area contributed by atoms with Gasteiger partial charge in [0.2, 0.25) is 10.7 Å². The van der Waals surface area contributed by atoms with Crippen LogP contribution >= 0.6 is 23.4 Å². The number of hydrogen-bond acceptors (Lipinski definition) is 2. The molecule has 4 aromatic rings. The van der Waals surface area contributed by atoms with E-state index in [9.17, 15) is 0 Å². The number of H-pyrrole nitrogens is 1. The average Bonchev–Trinajstić information content (AvgIpc) is 3.05. The first-order chi connectivity index (χ1) is 10.7. The number of imidazole rings is 2. The molecule has 0 atom stereocenters. The Bertz CT molecular complexity index is 1000. The van der Waals surface area contributed by atoms with Gasteiger partial charge in [-0.3, -0.25) is 0 Å². The monoisotopic (exact) mass is 329 g/mol. The van der Waals surface area contributed by atoms with E-state index in [2.05, 4.69) is 39.5 Å². The number of benzene rings is 1. The molecule has 4 rings (SSSR count). The van der Waals surface area contributed by atoms with Gasteiger partial charge in [0.25, 0.3) is 5.65 Å². The Morgan fingerprint density at radius 2 is 2.14 bits per heavy atom. The van der Waals surface area contributed by atoms with Gasteiger partial charge < -0.3 is 4.98 Å². The molecule has 0 aliphatic rings. The maximum atomic E-state index is 6.07. The van der Waals surface area contributed by atoms with Crippen molar-refractivity contribution in [3.8, 4) is 11.5 Å². The summed E-state index contributed by atoms with van der Waals surface area (Å²) in [7, 11) is 2.07. The number of thioether (sulfide) groups is 1. The minimum absolute atomic E-state index is 0.707. The standard InChI is InChI=1S/C16H14ClN4S/c1-20-13-5-3-4-8-21(13)14(16(20)22-2)15-18-11-7-6-10(17)9-12(11)19-15/h3-9H,1-2H3,(H,18,19)/q+1. The summed E-state index contributed by atoms with van der Waals surface area (Å²) in [5.74, 6) is 0.850. The molecule has 3 heterocycles. The van der Waals surface area contributed by atoms with Crippen molar-refractivity contribution < 1.29 is 4.57 Å². The molecule has 22 heavy (non-hydrogen) atoms. The van der Waals surface area contributed by atoms with E-state index in [1.807, 2.05) is 30.3 Å². The van der Waals surface area contributed by atoms with Gasteiger partial charge in [0.05, 0.1) is 24.3 Å². The fourth-order valence-electron chi connectivity index (χ4n) is 2.81. The molecular formula is C16H14ClN4S+. The van der Waals surface area contributed by atoms with Crippen LogP contribution in [0, 0.1) is 0 Å². The third-order valence-electron chi connectivity index (χ3n) is 3.79. The van der Waals surface area contributed by atoms with E-state index in [1.165, 1.54) is 0 Å². The van der Waals surface area contributed by atoms with E-state index >= 15 is 0 Å². The number of hydrogen-bond donors (Lipinski definition) is 1. The Balaban J connectivity index is 2.06. The summed E-state index contributed by atoms with van der Waals surface area (Å²) in [5.41, 5.74) is 4.06. The predicted molar refractivity (Wildman–Crippen MR) is 90.5 cm³/mol. The largest absolute Gasteiger partial charge is 0.335 e. The van der Waals surface area contributed by atoms with E-state index < -0.39 is 0 Å². The molecule has 0 fully saturated rings. The quantitative estimate of drug-likeness (QED) is 0.450. The van der Waals surface area contributed by atoms with Crippen LogP contribution in [0.1, 0.15) is 0 Å². The SMILES string of the molecule is CSc1c(-c2nc3ccc(Cl)cc3[nH]2)n2ccccc2[n+]1C. The fourth-order valence-corrected chi connectivity index (χ4v) is 3.73. The zero-order chi connectivity index (χ0) is 15.3. The summed E-state index contributed by atoms with van der Waals surface area (Å²) < 4.78 is 4.34. The number of nitrogens with one attached hydrogen (secondary N) is 1. The lowest BCUT2D eigenvalue weighted by Crippen LogP contribution is -2.28. The smallest absolute Gasteiger partial charge is 0.287 e. The topological polar surface area (TPSA) is 37.0 Å². The van der Waals surface area contributed by atoms with Crippen LogP contribution in [0.2, 0.25) is 5.02 Å². The Morgan fingerprint density at radius 3 is 2.95 bits per heavy atom. The molecule has 0 unspecified atom stereocenters. The molecule has 110 valence electrons. The molecule has 3 aromatic heterocycles. The van der Waals surface area contributed by atoms with E-state index in [0.717, 1.165) is 33.2 Å². The van der Waals surface area contributed by atoms with Crippen molar-refractivity contribution >= 4 is 40.0 Å². The van der Waals surface area contributed by atoms with Gasteiger partial charge in [0.15, 0.2) is 5.82 Å². The number of aryl methyl sites for hydroxylation is 1. The van der Waals surface area contributed by atoms with Crippen LogP contribution in [0.3, 0.4) is 0 Å². The molecule has 4 nitrogen and oxygen atoms in total. The van der Waals surface area contributed by atoms with Crippen LogP contribution in [0.25, 0.3) is 28.2 Å². The highest BCUT2D eigenvalue weighted by molar-refractivity contribution is 7.98. The van der Waals surface area contributed by atoms with Crippen LogP contribution < -0.4 is 4.57 Å². The molecule has 1 aromatic carbocycles. The second kappa shape index (κ2) is 5.04. The second-order valence-electron chi connectivity index (χ2n) is 5.09. The van der Waals surface area contributed by atoms with Crippen molar-refractivity contribution in [2.75, 3.05) is 6.26 Å². The summed E-state index contributed by atoms with van der Waals surface area (Å²) in [6.45, 7) is 0. The summed E-state index contributed by atoms with van der Waals surface area (Å²) in [6.07, 6.45) is 4.14. The van der Waals surface area contributed by atoms with Crippen LogP contribution in [0.15, 0.2) is 47.6 Å². The number of pyridine rings is 1. The highest BCUT2D eigenvalue weighted by Gasteiger charge is 2.26. The number of fused-ring (bicyclic) bond motifs is 2. The molecule has 6 heteroatoms. The molecule has 1 N–H and O–H groups in total. The van der Waals surface area contributed by atoms with E-state index in [1.54, 1.807) is 11.8 Å². The predicted octanol–water partition coefficient (Wildman–Crippen LogP) is 3.68. The molecule has 0 aliphatic heterocycles. The maximum Gasteiger partial charge on any atom is 0.287 e. The van der Waals surface area contributed by atoms with Crippen molar-refractivity contribution in [1.82, 2.24) is 14.4 Å². The summed E-state index contributed by atoms with van der Waals surface area (Å²) in [6, 6.07) is 11.9. The van der Waals surface area contributed by atoms with Gasteiger partial charge in [0.1, 0.15) is 0 Å². The molecule has 0 amide bonds. The number of rotatable bonds is 2. The number of aromatic nitrogens is 4. The Hall–Kier alpha value is -1.98. The van der Waals surface area contributed by atoms with Crippen molar-refractivity contribution in [3.05, 3.63) is 47.6 Å². The fraction of sp³-hybridized carbons (Fsp3) is 0.125. The Labute approximate surface area is 136 Å². The zero-order valence-electron chi connectivity index (χ0n) is 12.2. The molecular weight excluding hydrogens is 316 g/mol. The number of halogens is 1. The van der Waals surface area contributed by atoms with Gasteiger partial charge in [-0.15, -0.1) is 0 Å². The van der Waals surface area contributed by atoms with Gasteiger partial charge in [-0.2, -0.15) is 4.40 Å². The van der Waals surface area contributed by atoms with Crippen LogP contribution in [-0.4, -0.2) is 20.6 Å². The lowest BCUT2D eigenvalue weighted by molar-refractivity contribution is -0.681. The van der Waals surface area contributed by atoms with E-state index in [-0.39, 0.29) is 0 Å². The molecule has 0 saturated carbocycles. The third-order valence-corrected chi connectivity index (χ3v) is 4.88. The minimum atomic E-state index is 0.707. The number of nitrogens with zero attached hydrogens (tertiary/aromatic N) is 3. The molecule has 0 bridgehead atoms. The minimum Gasteiger partial charge on any atom is -0.335 e. The summed E-state index contributed by atoms with van der Waals surface area (Å²) >= 11 is 7.78. The highest BCUT2D eigenvalue weighted by atomic mass is 35.5. The van der Waals surface area contributed by atoms with Gasteiger partial charge in [-0.25, -0.2) is 9.55 Å². The first-order valence-electron chi connectivity index (χ1n) is 6.88. The van der Waals surface area contributed by atoms with Crippen LogP contribution in [0.5, 0.6) is 0 Å². The third kappa shape index (κ3) is 1.93. The van der Waals surface area contributed by atoms with Gasteiger partial charge in [0, 0.05) is 11.1 Å². The Morgan fingerprint density at radius 1 is 1.27 bits per heavy atom. The first kappa shape index (κ1) is 13.7. The summed E-state index contributed by atoms with van der Waals surface area (Å²) in [5, 5.41) is 1.87. The van der Waals surface area contributed by atoms with Crippen LogP contribution in [-0.2, 0) is 7.05 Å². The molecule has 0 aliphatic carbocycles. The maximum absolute atomic E-state index is 6.07. The van der Waals surface area contributed by atoms with Crippen molar-refractivity contribution in [1.29, 1.82) is 0 Å². The molecule has 0 saturated heterocycles. The van der Waals surface area contributed by atoms with E-state index in [0.29, 0.717) is 5.02 Å². The normalized spacial score (nSPS) is 11.6. The van der Waals surface area contributed by atoms with Crippen molar-refractivity contribution in [2.45, 2.75) is 5.03 Å². The first-order valence-corrected chi connectivity index (χ1v) is 8.48. The van der Waals surface area contributed by atoms with Gasteiger partial charge in [-0.05, 0) is 30.5 Å². The number of aromatic amines is 1. The van der Waals surface area contributed by atoms with Crippen LogP contribution in [0.4, 0.5) is 0 Å². The second-order valence-corrected chi connectivity index (χ2v) is 6.32. The Kier molecular flexibility index (Phi) is 3.13. The highest BCUT2D eigenvalue weighted by Crippen LogP contribution is 2.29. The average molecular weight is 330 g/mol. The van der Waals surface area contributed by atoms with Gasteiger partial charge in [-0.1, -0.05) is 29.4 Å². The van der Waals surface area contributed by atoms with Crippen molar-refractivity contribution in [2.24, 2.45) is 7.05 Å². The molecule has 0 radical (unpaired) electrons. The van der Waals surface area contributed by atoms with Crippen molar-refractivity contribution in [3.63, 3.8) is 0 Å². The van der Waals surface area contributed by atoms with E-state index in [4.69, 9.17) is 16.6 Å². The van der Waals surface area contributed by atoms with Gasteiger partial charge >= 0.3 is 0 Å². The molecule has 0 spiro atoms. The lowest BCUT2D eigenvalue weighted by atomic mass is 10.3. The zero-order valence-corrected chi connectivity index (χ0v) is 13.7. The lowest BCUT2D eigenvalue weighted by Gasteiger charge is -1.93.